The summed E-state index contributed by atoms with van der Waals surface area (Å²) in [6.07, 6.45) is -0.349. The van der Waals surface area contributed by atoms with Gasteiger partial charge in [-0.3, -0.25) is 19.2 Å². The number of ketones is 1. The lowest BCUT2D eigenvalue weighted by molar-refractivity contribution is -0.114. The number of nitrogens with one attached hydrogen (secondary N) is 3. The highest BCUT2D eigenvalue weighted by molar-refractivity contribution is 6.47. The van der Waals surface area contributed by atoms with Gasteiger partial charge in [0.25, 0.3) is 17.6 Å². The first-order chi connectivity index (χ1) is 16.9. The van der Waals surface area contributed by atoms with Gasteiger partial charge >= 0.3 is 0 Å². The van der Waals surface area contributed by atoms with E-state index in [1.165, 1.54) is 25.1 Å². The van der Waals surface area contributed by atoms with E-state index in [0.717, 1.165) is 0 Å². The molecule has 1 unspecified atom stereocenters. The second kappa shape index (κ2) is 10.5. The van der Waals surface area contributed by atoms with E-state index in [9.17, 15) is 19.2 Å². The molecule has 0 saturated carbocycles. The second-order valence-electron chi connectivity index (χ2n) is 7.80. The van der Waals surface area contributed by atoms with Crippen LogP contribution in [0.3, 0.4) is 0 Å². The van der Waals surface area contributed by atoms with E-state index in [-0.39, 0.29) is 41.4 Å². The molecule has 1 aliphatic rings. The van der Waals surface area contributed by atoms with Crippen molar-refractivity contribution in [3.63, 3.8) is 0 Å². The van der Waals surface area contributed by atoms with Crippen molar-refractivity contribution >= 4 is 34.9 Å². The van der Waals surface area contributed by atoms with Gasteiger partial charge in [-0.2, -0.15) is 0 Å². The monoisotopic (exact) mass is 473 g/mol. The van der Waals surface area contributed by atoms with E-state index < -0.39 is 11.7 Å². The Labute approximate surface area is 201 Å². The molecule has 3 N–H and O–H groups in total. The van der Waals surface area contributed by atoms with Crippen LogP contribution in [0.2, 0.25) is 0 Å². The van der Waals surface area contributed by atoms with E-state index in [1.54, 1.807) is 36.4 Å². The van der Waals surface area contributed by atoms with E-state index in [4.69, 9.17) is 9.47 Å². The minimum absolute atomic E-state index is 0.0605. The fourth-order valence-corrected chi connectivity index (χ4v) is 3.50. The summed E-state index contributed by atoms with van der Waals surface area (Å²) in [6, 6.07) is 19.7. The summed E-state index contributed by atoms with van der Waals surface area (Å²) >= 11 is 0. The number of carbonyl (C=O) groups excluding carboxylic acids is 4. The Bertz CT molecular complexity index is 1290. The summed E-state index contributed by atoms with van der Waals surface area (Å²) in [7, 11) is 0. The third-order valence-electron chi connectivity index (χ3n) is 5.13. The number of carbonyl (C=O) groups is 4. The van der Waals surface area contributed by atoms with Crippen LogP contribution in [-0.4, -0.2) is 42.8 Å². The van der Waals surface area contributed by atoms with Gasteiger partial charge in [0.1, 0.15) is 12.7 Å². The van der Waals surface area contributed by atoms with Gasteiger partial charge < -0.3 is 25.4 Å². The van der Waals surface area contributed by atoms with Gasteiger partial charge in [-0.15, -0.1) is 0 Å². The smallest absolute Gasteiger partial charge is 0.296 e. The molecule has 1 aliphatic heterocycles. The van der Waals surface area contributed by atoms with Crippen molar-refractivity contribution in [2.45, 2.75) is 13.0 Å². The van der Waals surface area contributed by atoms with Crippen molar-refractivity contribution in [1.82, 2.24) is 5.32 Å². The van der Waals surface area contributed by atoms with Crippen molar-refractivity contribution in [1.29, 1.82) is 0 Å². The first kappa shape index (κ1) is 23.5. The van der Waals surface area contributed by atoms with Crippen LogP contribution in [0.1, 0.15) is 27.6 Å². The first-order valence-corrected chi connectivity index (χ1v) is 10.9. The average Bonchev–Trinajstić information content (AvgIpc) is 2.87. The van der Waals surface area contributed by atoms with Gasteiger partial charge in [-0.25, -0.2) is 0 Å². The van der Waals surface area contributed by atoms with Crippen LogP contribution in [-0.2, 0) is 9.59 Å². The van der Waals surface area contributed by atoms with Crippen LogP contribution in [0, 0.1) is 0 Å². The third-order valence-corrected chi connectivity index (χ3v) is 5.13. The molecule has 0 saturated heterocycles. The summed E-state index contributed by atoms with van der Waals surface area (Å²) < 4.78 is 11.5. The fourth-order valence-electron chi connectivity index (χ4n) is 3.50. The molecule has 0 aromatic heterocycles. The predicted octanol–water partition coefficient (Wildman–Crippen LogP) is 3.04. The molecule has 178 valence electrons. The predicted molar refractivity (Wildman–Crippen MR) is 129 cm³/mol. The van der Waals surface area contributed by atoms with Crippen LogP contribution >= 0.6 is 0 Å². The molecule has 1 heterocycles. The van der Waals surface area contributed by atoms with E-state index in [2.05, 4.69) is 16.0 Å². The summed E-state index contributed by atoms with van der Waals surface area (Å²) in [5, 5.41) is 7.83. The molecule has 0 spiro atoms. The maximum atomic E-state index is 12.7. The molecule has 35 heavy (non-hydrogen) atoms. The number of Topliss-reactive ketones (excluding diaryl/α,β-unsaturated/α-hetero) is 1. The van der Waals surface area contributed by atoms with E-state index in [1.807, 2.05) is 18.2 Å². The molecule has 3 aromatic rings. The number of hydrogen-bond acceptors (Lipinski definition) is 6. The minimum atomic E-state index is -0.897. The zero-order chi connectivity index (χ0) is 24.8. The van der Waals surface area contributed by atoms with Crippen molar-refractivity contribution in [2.75, 3.05) is 23.8 Å². The third kappa shape index (κ3) is 5.83. The van der Waals surface area contributed by atoms with Crippen LogP contribution in [0.25, 0.3) is 0 Å². The molecule has 0 aliphatic carbocycles. The number of rotatable bonds is 7. The van der Waals surface area contributed by atoms with Crippen LogP contribution in [0.5, 0.6) is 11.5 Å². The zero-order valence-electron chi connectivity index (χ0n) is 18.9. The van der Waals surface area contributed by atoms with E-state index in [0.29, 0.717) is 23.7 Å². The van der Waals surface area contributed by atoms with Gasteiger partial charge in [-0.05, 0) is 42.5 Å². The van der Waals surface area contributed by atoms with Crippen LogP contribution in [0.15, 0.2) is 72.8 Å². The molecule has 3 amide bonds. The standard InChI is InChI=1S/C26H23N3O6/c1-16(30)28-21-10-3-2-9-20(21)24(31)26(33)29-18-8-6-7-17(13-18)25(32)27-14-19-15-34-22-11-4-5-12-23(22)35-19/h2-13,19H,14-15H2,1H3,(H,27,32)(H,28,30)(H,29,33). The van der Waals surface area contributed by atoms with Gasteiger partial charge in [0.15, 0.2) is 11.5 Å². The topological polar surface area (TPSA) is 123 Å². The number of benzene rings is 3. The Kier molecular flexibility index (Phi) is 7.06. The molecule has 1 atom stereocenters. The normalized spacial score (nSPS) is 13.9. The first-order valence-electron chi connectivity index (χ1n) is 10.9. The lowest BCUT2D eigenvalue weighted by Crippen LogP contribution is -2.40. The number of anilines is 2. The van der Waals surface area contributed by atoms with Gasteiger partial charge in [0, 0.05) is 18.2 Å². The minimum Gasteiger partial charge on any atom is -0.486 e. The number of fused-ring (bicyclic) bond motifs is 1. The highest BCUT2D eigenvalue weighted by Crippen LogP contribution is 2.30. The number of ether oxygens (including phenoxy) is 2. The molecule has 4 rings (SSSR count). The van der Waals surface area contributed by atoms with Crippen molar-refractivity contribution in [3.05, 3.63) is 83.9 Å². The van der Waals surface area contributed by atoms with Crippen molar-refractivity contribution < 1.29 is 28.7 Å². The zero-order valence-corrected chi connectivity index (χ0v) is 18.9. The van der Waals surface area contributed by atoms with E-state index >= 15 is 0 Å². The van der Waals surface area contributed by atoms with Crippen LogP contribution in [0.4, 0.5) is 11.4 Å². The summed E-state index contributed by atoms with van der Waals surface area (Å²) in [6.45, 7) is 1.84. The fraction of sp³-hybridized carbons (Fsp3) is 0.154. The van der Waals surface area contributed by atoms with Gasteiger partial charge in [0.2, 0.25) is 5.91 Å². The summed E-state index contributed by atoms with van der Waals surface area (Å²) in [5.41, 5.74) is 0.875. The number of hydrogen-bond donors (Lipinski definition) is 3. The van der Waals surface area contributed by atoms with Crippen LogP contribution < -0.4 is 25.4 Å². The highest BCUT2D eigenvalue weighted by atomic mass is 16.6. The molecular weight excluding hydrogens is 450 g/mol. The molecule has 3 aromatic carbocycles. The lowest BCUT2D eigenvalue weighted by atomic mass is 10.1. The SMILES string of the molecule is CC(=O)Nc1ccccc1C(=O)C(=O)Nc1cccc(C(=O)NCC2COc3ccccc3O2)c1. The number of para-hydroxylation sites is 3. The van der Waals surface area contributed by atoms with Gasteiger partial charge in [-0.1, -0.05) is 30.3 Å². The Balaban J connectivity index is 1.36. The van der Waals surface area contributed by atoms with Crippen molar-refractivity contribution in [3.8, 4) is 11.5 Å². The summed E-state index contributed by atoms with van der Waals surface area (Å²) in [5.74, 6) is -1.17. The molecular formula is C26H23N3O6. The largest absolute Gasteiger partial charge is 0.486 e. The number of amides is 3. The van der Waals surface area contributed by atoms with Gasteiger partial charge in [0.05, 0.1) is 17.8 Å². The maximum absolute atomic E-state index is 12.7. The molecule has 9 heteroatoms. The quantitative estimate of drug-likeness (QED) is 0.358. The summed E-state index contributed by atoms with van der Waals surface area (Å²) in [4.78, 5) is 49.3. The second-order valence-corrected chi connectivity index (χ2v) is 7.80. The Morgan fingerprint density at radius 1 is 0.886 bits per heavy atom. The Hall–Kier alpha value is -4.66. The average molecular weight is 473 g/mol. The maximum Gasteiger partial charge on any atom is 0.296 e. The molecule has 0 radical (unpaired) electrons. The Morgan fingerprint density at radius 2 is 1.63 bits per heavy atom. The highest BCUT2D eigenvalue weighted by Gasteiger charge is 2.22. The van der Waals surface area contributed by atoms with Crippen molar-refractivity contribution in [2.24, 2.45) is 0 Å². The molecule has 9 nitrogen and oxygen atoms in total. The molecule has 0 fully saturated rings. The Morgan fingerprint density at radius 3 is 2.43 bits per heavy atom. The lowest BCUT2D eigenvalue weighted by Gasteiger charge is -2.26. The molecule has 0 bridgehead atoms.